The Morgan fingerprint density at radius 3 is 2.93 bits per heavy atom. The van der Waals surface area contributed by atoms with E-state index in [0.29, 0.717) is 11.7 Å². The second-order valence-corrected chi connectivity index (χ2v) is 3.40. The minimum atomic E-state index is 0.0699. The first-order valence-electron chi connectivity index (χ1n) is 4.32. The van der Waals surface area contributed by atoms with Crippen LogP contribution in [0.25, 0.3) is 11.2 Å². The highest BCUT2D eigenvalue weighted by atomic mass is 35.5. The van der Waals surface area contributed by atoms with Gasteiger partial charge in [-0.3, -0.25) is 0 Å². The average Bonchev–Trinajstić information content (AvgIpc) is 2.45. The average molecular weight is 212 g/mol. The van der Waals surface area contributed by atoms with Gasteiger partial charge in [0.1, 0.15) is 16.5 Å². The fraction of sp³-hybridized carbons (Fsp3) is 0.333. The van der Waals surface area contributed by atoms with E-state index in [1.54, 1.807) is 6.07 Å². The van der Waals surface area contributed by atoms with Gasteiger partial charge in [0.2, 0.25) is 0 Å². The molecule has 0 atom stereocenters. The maximum Gasteiger partial charge on any atom is 0.161 e. The van der Waals surface area contributed by atoms with Gasteiger partial charge in [0.05, 0.1) is 6.61 Å². The molecule has 4 nitrogen and oxygen atoms in total. The van der Waals surface area contributed by atoms with Gasteiger partial charge in [0, 0.05) is 6.54 Å². The number of aliphatic hydroxyl groups excluding tert-OH is 1. The summed E-state index contributed by atoms with van der Waals surface area (Å²) in [5.74, 6) is 0.837. The van der Waals surface area contributed by atoms with E-state index in [-0.39, 0.29) is 6.61 Å². The highest BCUT2D eigenvalue weighted by Gasteiger charge is 2.07. The third kappa shape index (κ3) is 1.47. The molecule has 1 N–H and O–H groups in total. The number of nitrogens with zero attached hydrogens (tertiary/aromatic N) is 3. The molecule has 0 saturated carbocycles. The van der Waals surface area contributed by atoms with Crippen molar-refractivity contribution in [1.29, 1.82) is 0 Å². The Balaban J connectivity index is 2.66. The van der Waals surface area contributed by atoms with Gasteiger partial charge in [-0.1, -0.05) is 11.6 Å². The van der Waals surface area contributed by atoms with Gasteiger partial charge in [0.25, 0.3) is 0 Å². The monoisotopic (exact) mass is 211 g/mol. The van der Waals surface area contributed by atoms with Crippen LogP contribution in [-0.2, 0) is 6.54 Å². The zero-order valence-electron chi connectivity index (χ0n) is 7.74. The van der Waals surface area contributed by atoms with Crippen LogP contribution in [0.1, 0.15) is 5.82 Å². The molecule has 2 aromatic heterocycles. The second kappa shape index (κ2) is 3.55. The van der Waals surface area contributed by atoms with E-state index in [0.717, 1.165) is 17.0 Å². The van der Waals surface area contributed by atoms with Crippen molar-refractivity contribution < 1.29 is 5.11 Å². The van der Waals surface area contributed by atoms with Gasteiger partial charge >= 0.3 is 0 Å². The Bertz CT molecular complexity index is 466. The molecule has 0 aliphatic carbocycles. The van der Waals surface area contributed by atoms with Crippen LogP contribution in [0, 0.1) is 6.92 Å². The molecule has 0 spiro atoms. The molecule has 0 bridgehead atoms. The number of hydrogen-bond acceptors (Lipinski definition) is 3. The Hall–Kier alpha value is -1.13. The van der Waals surface area contributed by atoms with Crippen molar-refractivity contribution in [2.75, 3.05) is 6.61 Å². The van der Waals surface area contributed by atoms with Crippen LogP contribution >= 0.6 is 11.6 Å². The van der Waals surface area contributed by atoms with E-state index in [9.17, 15) is 0 Å². The van der Waals surface area contributed by atoms with Gasteiger partial charge in [0.15, 0.2) is 5.65 Å². The second-order valence-electron chi connectivity index (χ2n) is 3.01. The summed E-state index contributed by atoms with van der Waals surface area (Å²) in [4.78, 5) is 8.47. The lowest BCUT2D eigenvalue weighted by molar-refractivity contribution is 0.276. The summed E-state index contributed by atoms with van der Waals surface area (Å²) in [6, 6.07) is 3.53. The number of fused-ring (bicyclic) bond motifs is 1. The summed E-state index contributed by atoms with van der Waals surface area (Å²) < 4.78 is 1.85. The van der Waals surface area contributed by atoms with Gasteiger partial charge in [-0.05, 0) is 19.1 Å². The summed E-state index contributed by atoms with van der Waals surface area (Å²) in [5, 5.41) is 9.32. The molecule has 0 aliphatic heterocycles. The third-order valence-electron chi connectivity index (χ3n) is 2.07. The summed E-state index contributed by atoms with van der Waals surface area (Å²) in [6.45, 7) is 2.45. The van der Waals surface area contributed by atoms with E-state index in [4.69, 9.17) is 16.7 Å². The number of pyridine rings is 1. The number of hydrogen-bond donors (Lipinski definition) is 1. The third-order valence-corrected chi connectivity index (χ3v) is 2.28. The molecular weight excluding hydrogens is 202 g/mol. The Labute approximate surface area is 86.2 Å². The quantitative estimate of drug-likeness (QED) is 0.764. The van der Waals surface area contributed by atoms with Crippen molar-refractivity contribution in [3.8, 4) is 0 Å². The van der Waals surface area contributed by atoms with E-state index < -0.39 is 0 Å². The van der Waals surface area contributed by atoms with Crippen LogP contribution in [0.15, 0.2) is 12.1 Å². The largest absolute Gasteiger partial charge is 0.395 e. The predicted octanol–water partition coefficient (Wildman–Crippen LogP) is 1.39. The normalized spacial score (nSPS) is 11.1. The lowest BCUT2D eigenvalue weighted by Crippen LogP contribution is -2.04. The molecule has 0 aliphatic rings. The summed E-state index contributed by atoms with van der Waals surface area (Å²) in [6.07, 6.45) is 0. The molecular formula is C9H10ClN3O. The molecule has 74 valence electrons. The molecule has 0 aromatic carbocycles. The number of halogens is 1. The zero-order chi connectivity index (χ0) is 10.1. The molecule has 2 heterocycles. The zero-order valence-corrected chi connectivity index (χ0v) is 8.49. The fourth-order valence-electron chi connectivity index (χ4n) is 1.46. The van der Waals surface area contributed by atoms with E-state index in [1.165, 1.54) is 0 Å². The number of aryl methyl sites for hydroxylation is 1. The summed E-state index contributed by atoms with van der Waals surface area (Å²) in [5.41, 5.74) is 1.53. The molecule has 5 heteroatoms. The number of aromatic nitrogens is 3. The molecule has 0 saturated heterocycles. The molecule has 2 aromatic rings. The van der Waals surface area contributed by atoms with Crippen LogP contribution in [0.4, 0.5) is 0 Å². The molecule has 2 rings (SSSR count). The minimum Gasteiger partial charge on any atom is -0.395 e. The Morgan fingerprint density at radius 1 is 1.43 bits per heavy atom. The van der Waals surface area contributed by atoms with Crippen LogP contribution in [-0.4, -0.2) is 26.2 Å². The van der Waals surface area contributed by atoms with Crippen molar-refractivity contribution >= 4 is 22.8 Å². The van der Waals surface area contributed by atoms with Crippen molar-refractivity contribution in [1.82, 2.24) is 14.5 Å². The van der Waals surface area contributed by atoms with Gasteiger partial charge in [-0.25, -0.2) is 9.97 Å². The number of aliphatic hydroxyl groups is 1. The molecule has 14 heavy (non-hydrogen) atoms. The fourth-order valence-corrected chi connectivity index (χ4v) is 1.60. The standard InChI is InChI=1S/C9H10ClN3O/c1-6-11-7-2-3-8(10)12-9(7)13(6)4-5-14/h2-3,14H,4-5H2,1H3. The smallest absolute Gasteiger partial charge is 0.161 e. The lowest BCUT2D eigenvalue weighted by Gasteiger charge is -2.02. The van der Waals surface area contributed by atoms with Crippen molar-refractivity contribution in [3.63, 3.8) is 0 Å². The van der Waals surface area contributed by atoms with E-state index in [2.05, 4.69) is 9.97 Å². The van der Waals surface area contributed by atoms with E-state index >= 15 is 0 Å². The van der Waals surface area contributed by atoms with Crippen molar-refractivity contribution in [2.45, 2.75) is 13.5 Å². The van der Waals surface area contributed by atoms with Gasteiger partial charge in [-0.15, -0.1) is 0 Å². The SMILES string of the molecule is Cc1nc2ccc(Cl)nc2n1CCO. The summed E-state index contributed by atoms with van der Waals surface area (Å²) >= 11 is 5.79. The maximum atomic E-state index is 8.88. The lowest BCUT2D eigenvalue weighted by atomic mass is 10.4. The topological polar surface area (TPSA) is 50.9 Å². The molecule has 0 radical (unpaired) electrons. The van der Waals surface area contributed by atoms with Crippen molar-refractivity contribution in [3.05, 3.63) is 23.1 Å². The summed E-state index contributed by atoms with van der Waals surface area (Å²) in [7, 11) is 0. The Kier molecular flexibility index (Phi) is 2.39. The first-order valence-corrected chi connectivity index (χ1v) is 4.70. The highest BCUT2D eigenvalue weighted by Crippen LogP contribution is 2.16. The van der Waals surface area contributed by atoms with Crippen molar-refractivity contribution in [2.24, 2.45) is 0 Å². The Morgan fingerprint density at radius 2 is 2.21 bits per heavy atom. The maximum absolute atomic E-state index is 8.88. The first-order chi connectivity index (χ1) is 6.72. The first kappa shape index (κ1) is 9.43. The van der Waals surface area contributed by atoms with Gasteiger partial charge < -0.3 is 9.67 Å². The van der Waals surface area contributed by atoms with Crippen LogP contribution in [0.3, 0.4) is 0 Å². The number of imidazole rings is 1. The van der Waals surface area contributed by atoms with Crippen LogP contribution < -0.4 is 0 Å². The van der Waals surface area contributed by atoms with Crippen LogP contribution in [0.2, 0.25) is 5.15 Å². The van der Waals surface area contributed by atoms with E-state index in [1.807, 2.05) is 17.6 Å². The molecule has 0 unspecified atom stereocenters. The highest BCUT2D eigenvalue weighted by molar-refractivity contribution is 6.29. The van der Waals surface area contributed by atoms with Gasteiger partial charge in [-0.2, -0.15) is 0 Å². The minimum absolute atomic E-state index is 0.0699. The molecule has 0 amide bonds. The number of rotatable bonds is 2. The van der Waals surface area contributed by atoms with Crippen LogP contribution in [0.5, 0.6) is 0 Å². The molecule has 0 fully saturated rings. The predicted molar refractivity (Wildman–Crippen MR) is 54.4 cm³/mol.